The maximum Gasteiger partial charge on any atom is 0.262 e. The van der Waals surface area contributed by atoms with Crippen LogP contribution in [0.2, 0.25) is 5.02 Å². The number of nitrogens with one attached hydrogen (secondary N) is 1. The number of halogens is 1. The summed E-state index contributed by atoms with van der Waals surface area (Å²) in [5.74, 6) is -0.233. The molecular weight excluding hydrogens is 396 g/mol. The van der Waals surface area contributed by atoms with E-state index in [2.05, 4.69) is 10.3 Å². The van der Waals surface area contributed by atoms with E-state index >= 15 is 0 Å². The molecule has 140 valence electrons. The van der Waals surface area contributed by atoms with Crippen molar-refractivity contribution in [2.24, 2.45) is 0 Å². The van der Waals surface area contributed by atoms with Gasteiger partial charge in [0.15, 0.2) is 5.16 Å². The third kappa shape index (κ3) is 3.75. The van der Waals surface area contributed by atoms with Gasteiger partial charge in [0, 0.05) is 11.1 Å². The molecule has 0 aliphatic heterocycles. The smallest absolute Gasteiger partial charge is 0.262 e. The van der Waals surface area contributed by atoms with Crippen LogP contribution in [0.5, 0.6) is 0 Å². The third-order valence-electron chi connectivity index (χ3n) is 4.40. The molecule has 0 spiro atoms. The fourth-order valence-corrected chi connectivity index (χ4v) is 3.95. The fourth-order valence-electron chi connectivity index (χ4n) is 2.92. The highest BCUT2D eigenvalue weighted by Gasteiger charge is 2.28. The monoisotopic (exact) mass is 410 g/mol. The number of fused-ring (bicyclic) bond motifs is 1. The van der Waals surface area contributed by atoms with E-state index in [0.29, 0.717) is 32.3 Å². The van der Waals surface area contributed by atoms with Crippen LogP contribution in [0.4, 0.5) is 5.69 Å². The molecule has 0 unspecified atom stereocenters. The zero-order valence-corrected chi connectivity index (χ0v) is 16.3. The van der Waals surface area contributed by atoms with E-state index in [1.165, 1.54) is 17.8 Å². The molecule has 1 aromatic heterocycles. The summed E-state index contributed by atoms with van der Waals surface area (Å²) in [6.45, 7) is 0. The summed E-state index contributed by atoms with van der Waals surface area (Å²) < 4.78 is 1.69. The number of nitrogens with zero attached hydrogens (tertiary/aromatic N) is 3. The lowest BCUT2D eigenvalue weighted by Crippen LogP contribution is -2.23. The Morgan fingerprint density at radius 1 is 1.32 bits per heavy atom. The van der Waals surface area contributed by atoms with E-state index < -0.39 is 0 Å². The molecule has 1 aliphatic carbocycles. The first-order valence-corrected chi connectivity index (χ1v) is 10.1. The van der Waals surface area contributed by atoms with Crippen molar-refractivity contribution in [2.75, 3.05) is 11.1 Å². The van der Waals surface area contributed by atoms with Crippen molar-refractivity contribution in [3.8, 4) is 6.07 Å². The molecule has 3 aromatic rings. The molecule has 4 rings (SSSR count). The van der Waals surface area contributed by atoms with Crippen LogP contribution in [-0.2, 0) is 4.79 Å². The average molecular weight is 411 g/mol. The summed E-state index contributed by atoms with van der Waals surface area (Å²) in [7, 11) is 0. The molecule has 1 amide bonds. The molecule has 1 fully saturated rings. The van der Waals surface area contributed by atoms with E-state index in [1.807, 2.05) is 18.2 Å². The van der Waals surface area contributed by atoms with E-state index in [-0.39, 0.29) is 23.3 Å². The van der Waals surface area contributed by atoms with E-state index in [0.717, 1.165) is 12.8 Å². The van der Waals surface area contributed by atoms with E-state index in [1.54, 1.807) is 28.8 Å². The lowest BCUT2D eigenvalue weighted by molar-refractivity contribution is -0.113. The lowest BCUT2D eigenvalue weighted by Gasteiger charge is -2.12. The van der Waals surface area contributed by atoms with Gasteiger partial charge in [-0.25, -0.2) is 4.98 Å². The van der Waals surface area contributed by atoms with Gasteiger partial charge in [0.2, 0.25) is 5.91 Å². The molecule has 1 aliphatic rings. The van der Waals surface area contributed by atoms with Gasteiger partial charge in [-0.1, -0.05) is 35.5 Å². The number of anilines is 1. The molecule has 0 bridgehead atoms. The van der Waals surface area contributed by atoms with Crippen molar-refractivity contribution in [2.45, 2.75) is 24.0 Å². The van der Waals surface area contributed by atoms with Crippen molar-refractivity contribution >= 4 is 45.9 Å². The molecule has 6 nitrogen and oxygen atoms in total. The van der Waals surface area contributed by atoms with Crippen LogP contribution in [0.25, 0.3) is 10.9 Å². The van der Waals surface area contributed by atoms with Crippen LogP contribution < -0.4 is 10.9 Å². The molecule has 8 heteroatoms. The van der Waals surface area contributed by atoms with Crippen LogP contribution >= 0.6 is 23.4 Å². The summed E-state index contributed by atoms with van der Waals surface area (Å²) in [6, 6.07) is 14.1. The summed E-state index contributed by atoms with van der Waals surface area (Å²) in [6.07, 6.45) is 1.88. The lowest BCUT2D eigenvalue weighted by atomic mass is 10.2. The number of hydrogen-bond donors (Lipinski definition) is 1. The standard InChI is InChI=1S/C20H15ClN4O2S/c21-13-6-5-12(10-22)17(9-13)23-18(26)11-28-20-24-16-4-2-1-3-15(16)19(27)25(20)14-7-8-14/h1-6,9,14H,7-8,11H2,(H,23,26). The zero-order chi connectivity index (χ0) is 19.7. The third-order valence-corrected chi connectivity index (χ3v) is 5.58. The number of carbonyl (C=O) groups excluding carboxylic acids is 1. The Morgan fingerprint density at radius 3 is 2.86 bits per heavy atom. The van der Waals surface area contributed by atoms with Crippen molar-refractivity contribution in [1.82, 2.24) is 9.55 Å². The minimum Gasteiger partial charge on any atom is -0.324 e. The fraction of sp³-hybridized carbons (Fsp3) is 0.200. The minimum absolute atomic E-state index is 0.0644. The SMILES string of the molecule is N#Cc1ccc(Cl)cc1NC(=O)CSc1nc2ccccc2c(=O)n1C1CC1. The Labute approximate surface area is 170 Å². The van der Waals surface area contributed by atoms with Crippen LogP contribution in [0.3, 0.4) is 0 Å². The van der Waals surface area contributed by atoms with Crippen molar-refractivity contribution < 1.29 is 4.79 Å². The molecular formula is C20H15ClN4O2S. The van der Waals surface area contributed by atoms with Crippen LogP contribution in [-0.4, -0.2) is 21.2 Å². The zero-order valence-electron chi connectivity index (χ0n) is 14.7. The quantitative estimate of drug-likeness (QED) is 0.507. The van der Waals surface area contributed by atoms with Crippen LogP contribution in [0, 0.1) is 11.3 Å². The second kappa shape index (κ2) is 7.66. The van der Waals surface area contributed by atoms with Crippen molar-refractivity contribution in [3.05, 3.63) is 63.4 Å². The van der Waals surface area contributed by atoms with Crippen LogP contribution in [0.15, 0.2) is 52.4 Å². The maximum absolute atomic E-state index is 12.8. The van der Waals surface area contributed by atoms with E-state index in [4.69, 9.17) is 16.9 Å². The van der Waals surface area contributed by atoms with Gasteiger partial charge in [-0.3, -0.25) is 14.2 Å². The first-order valence-electron chi connectivity index (χ1n) is 8.70. The molecule has 28 heavy (non-hydrogen) atoms. The summed E-state index contributed by atoms with van der Waals surface area (Å²) in [5.41, 5.74) is 1.25. The van der Waals surface area contributed by atoms with Gasteiger partial charge in [0.25, 0.3) is 5.56 Å². The molecule has 1 saturated carbocycles. The Balaban J connectivity index is 1.57. The number of rotatable bonds is 5. The molecule has 1 N–H and O–H groups in total. The number of nitriles is 1. The number of thioether (sulfide) groups is 1. The number of para-hydroxylation sites is 1. The highest BCUT2D eigenvalue weighted by molar-refractivity contribution is 7.99. The number of carbonyl (C=O) groups is 1. The first kappa shape index (κ1) is 18.5. The van der Waals surface area contributed by atoms with Crippen molar-refractivity contribution in [3.63, 3.8) is 0 Å². The molecule has 0 radical (unpaired) electrons. The van der Waals surface area contributed by atoms with Gasteiger partial charge in [0.1, 0.15) is 6.07 Å². The van der Waals surface area contributed by atoms with E-state index in [9.17, 15) is 9.59 Å². The van der Waals surface area contributed by atoms with Gasteiger partial charge >= 0.3 is 0 Å². The van der Waals surface area contributed by atoms with Gasteiger partial charge in [-0.15, -0.1) is 0 Å². The maximum atomic E-state index is 12.8. The number of aromatic nitrogens is 2. The predicted octanol–water partition coefficient (Wildman–Crippen LogP) is 3.99. The van der Waals surface area contributed by atoms with Crippen molar-refractivity contribution in [1.29, 1.82) is 5.26 Å². The van der Waals surface area contributed by atoms with Gasteiger partial charge in [-0.2, -0.15) is 5.26 Å². The molecule has 0 saturated heterocycles. The van der Waals surface area contributed by atoms with Gasteiger partial charge < -0.3 is 5.32 Å². The molecule has 0 atom stereocenters. The molecule has 1 heterocycles. The number of hydrogen-bond acceptors (Lipinski definition) is 5. The number of amides is 1. The Morgan fingerprint density at radius 2 is 2.11 bits per heavy atom. The Kier molecular flexibility index (Phi) is 5.07. The summed E-state index contributed by atoms with van der Waals surface area (Å²) >= 11 is 7.16. The van der Waals surface area contributed by atoms with Gasteiger partial charge in [-0.05, 0) is 43.2 Å². The highest BCUT2D eigenvalue weighted by Crippen LogP contribution is 2.36. The highest BCUT2D eigenvalue weighted by atomic mass is 35.5. The Bertz CT molecular complexity index is 1180. The first-order chi connectivity index (χ1) is 13.6. The second-order valence-electron chi connectivity index (χ2n) is 6.46. The summed E-state index contributed by atoms with van der Waals surface area (Å²) in [4.78, 5) is 29.9. The minimum atomic E-state index is -0.298. The second-order valence-corrected chi connectivity index (χ2v) is 7.84. The largest absolute Gasteiger partial charge is 0.324 e. The summed E-state index contributed by atoms with van der Waals surface area (Å²) in [5, 5.41) is 13.4. The average Bonchev–Trinajstić information content (AvgIpc) is 3.51. The number of benzene rings is 2. The molecule has 2 aromatic carbocycles. The van der Waals surface area contributed by atoms with Crippen LogP contribution in [0.1, 0.15) is 24.4 Å². The Hall–Kier alpha value is -2.82. The predicted molar refractivity (Wildman–Crippen MR) is 110 cm³/mol. The van der Waals surface area contributed by atoms with Gasteiger partial charge in [0.05, 0.1) is 27.9 Å². The normalized spacial score (nSPS) is 13.3. The topological polar surface area (TPSA) is 87.8 Å².